The van der Waals surface area contributed by atoms with Crippen molar-refractivity contribution >= 4 is 11.9 Å². The van der Waals surface area contributed by atoms with Crippen molar-refractivity contribution in [1.82, 2.24) is 0 Å². The van der Waals surface area contributed by atoms with E-state index in [1.54, 1.807) is 0 Å². The highest BCUT2D eigenvalue weighted by molar-refractivity contribution is 5.73. The molecular formula is C18H22O11. The quantitative estimate of drug-likeness (QED) is 0.358. The van der Waals surface area contributed by atoms with Crippen LogP contribution in [0.3, 0.4) is 0 Å². The van der Waals surface area contributed by atoms with Gasteiger partial charge in [0.25, 0.3) is 0 Å². The molecule has 6 atom stereocenters. The summed E-state index contributed by atoms with van der Waals surface area (Å²) in [6.45, 7) is 0. The van der Waals surface area contributed by atoms with Gasteiger partial charge >= 0.3 is 11.9 Å². The molecule has 29 heavy (non-hydrogen) atoms. The molecule has 2 aliphatic rings. The maximum Gasteiger partial charge on any atom is 0.335 e. The highest BCUT2D eigenvalue weighted by Gasteiger charge is 2.48. The largest absolute Gasteiger partial charge is 0.502 e. The Morgan fingerprint density at radius 2 is 1.86 bits per heavy atom. The molecule has 2 heterocycles. The van der Waals surface area contributed by atoms with Gasteiger partial charge in [-0.2, -0.15) is 0 Å². The topological polar surface area (TPSA) is 172 Å². The lowest BCUT2D eigenvalue weighted by atomic mass is 9.99. The molecule has 2 aliphatic heterocycles. The number of rotatable bonds is 6. The molecular weight excluding hydrogens is 392 g/mol. The van der Waals surface area contributed by atoms with Gasteiger partial charge in [-0.3, -0.25) is 4.79 Å². The van der Waals surface area contributed by atoms with Crippen LogP contribution in [0.15, 0.2) is 12.1 Å². The van der Waals surface area contributed by atoms with Crippen LogP contribution < -0.4 is 9.47 Å². The molecule has 0 saturated carbocycles. The number of benzene rings is 1. The van der Waals surface area contributed by atoms with Crippen molar-refractivity contribution in [3.63, 3.8) is 0 Å². The van der Waals surface area contributed by atoms with Crippen LogP contribution >= 0.6 is 0 Å². The van der Waals surface area contributed by atoms with Crippen LogP contribution in [-0.2, 0) is 25.5 Å². The predicted octanol–water partition coefficient (Wildman–Crippen LogP) is -1.08. The lowest BCUT2D eigenvalue weighted by molar-refractivity contribution is -0.271. The summed E-state index contributed by atoms with van der Waals surface area (Å²) in [4.78, 5) is 22.5. The van der Waals surface area contributed by atoms with E-state index in [9.17, 15) is 30.0 Å². The van der Waals surface area contributed by atoms with Crippen molar-refractivity contribution in [2.24, 2.45) is 0 Å². The molecule has 2 saturated heterocycles. The second kappa shape index (κ2) is 8.41. The maximum atomic E-state index is 11.3. The van der Waals surface area contributed by atoms with Crippen LogP contribution in [0.2, 0.25) is 0 Å². The predicted molar refractivity (Wildman–Crippen MR) is 92.4 cm³/mol. The highest BCUT2D eigenvalue weighted by atomic mass is 16.7. The number of carbonyl (C=O) groups excluding carboxylic acids is 1. The number of aliphatic hydroxyl groups is 3. The number of aliphatic hydroxyl groups excluding tert-OH is 3. The number of aliphatic carboxylic acids is 1. The third-order valence-corrected chi connectivity index (χ3v) is 4.81. The number of methoxy groups -OCH3 is 1. The van der Waals surface area contributed by atoms with Crippen molar-refractivity contribution in [3.8, 4) is 17.2 Å². The molecule has 5 N–H and O–H groups in total. The second-order valence-electron chi connectivity index (χ2n) is 6.85. The number of carboxylic acids is 1. The molecule has 0 aromatic heterocycles. The van der Waals surface area contributed by atoms with Gasteiger partial charge in [0.15, 0.2) is 17.6 Å². The van der Waals surface area contributed by atoms with E-state index >= 15 is 0 Å². The zero-order valence-electron chi connectivity index (χ0n) is 15.4. The van der Waals surface area contributed by atoms with Gasteiger partial charge in [-0.25, -0.2) is 4.79 Å². The Labute approximate surface area is 165 Å². The number of hydrogen-bond acceptors (Lipinski definition) is 10. The third kappa shape index (κ3) is 4.37. The van der Waals surface area contributed by atoms with Crippen LogP contribution in [-0.4, -0.2) is 81.4 Å². The minimum Gasteiger partial charge on any atom is -0.502 e. The van der Waals surface area contributed by atoms with Crippen LogP contribution in [0.5, 0.6) is 17.2 Å². The molecule has 1 aromatic rings. The van der Waals surface area contributed by atoms with E-state index in [1.165, 1.54) is 19.2 Å². The zero-order chi connectivity index (χ0) is 21.3. The third-order valence-electron chi connectivity index (χ3n) is 4.81. The summed E-state index contributed by atoms with van der Waals surface area (Å²) in [5, 5.41) is 49.2. The molecule has 2 fully saturated rings. The molecule has 160 valence electrons. The molecule has 1 aromatic carbocycles. The van der Waals surface area contributed by atoms with Crippen molar-refractivity contribution in [2.75, 3.05) is 7.11 Å². The van der Waals surface area contributed by atoms with Crippen LogP contribution in [0.25, 0.3) is 0 Å². The van der Waals surface area contributed by atoms with Crippen LogP contribution in [0, 0.1) is 0 Å². The second-order valence-corrected chi connectivity index (χ2v) is 6.85. The molecule has 3 rings (SSSR count). The smallest absolute Gasteiger partial charge is 0.335 e. The Kier molecular flexibility index (Phi) is 6.13. The van der Waals surface area contributed by atoms with E-state index in [0.29, 0.717) is 24.8 Å². The van der Waals surface area contributed by atoms with E-state index in [-0.39, 0.29) is 23.6 Å². The van der Waals surface area contributed by atoms with Gasteiger partial charge in [0, 0.05) is 12.8 Å². The standard InChI is InChI=1S/C18H22O11/c1-26-9-5-7(4-8-2-3-11(19)27-8)6-10(12(9)20)28-18-15(23)13(21)14(22)16(29-18)17(24)25/h5-6,8,13-16,18,20-23H,2-4H2,1H3,(H,24,25)/t8?,13-,14-,15+,16-,18+/m1/s1. The van der Waals surface area contributed by atoms with Crippen molar-refractivity contribution < 1.29 is 54.1 Å². The van der Waals surface area contributed by atoms with E-state index in [1.807, 2.05) is 0 Å². The van der Waals surface area contributed by atoms with Crippen molar-refractivity contribution in [2.45, 2.75) is 56.1 Å². The number of esters is 1. The first-order valence-electron chi connectivity index (χ1n) is 8.89. The van der Waals surface area contributed by atoms with Gasteiger partial charge in [-0.05, 0) is 24.1 Å². The van der Waals surface area contributed by atoms with Crippen LogP contribution in [0.1, 0.15) is 18.4 Å². The number of ether oxygens (including phenoxy) is 4. The lowest BCUT2D eigenvalue weighted by Gasteiger charge is -2.38. The summed E-state index contributed by atoms with van der Waals surface area (Å²) < 4.78 is 20.8. The first-order valence-corrected chi connectivity index (χ1v) is 8.89. The molecule has 0 aliphatic carbocycles. The normalized spacial score (nSPS) is 31.9. The monoisotopic (exact) mass is 414 g/mol. The minimum absolute atomic E-state index is 0.0301. The first-order chi connectivity index (χ1) is 13.7. The lowest BCUT2D eigenvalue weighted by Crippen LogP contribution is -2.61. The summed E-state index contributed by atoms with van der Waals surface area (Å²) >= 11 is 0. The van der Waals surface area contributed by atoms with Gasteiger partial charge in [-0.15, -0.1) is 0 Å². The number of hydrogen-bond donors (Lipinski definition) is 5. The molecule has 0 radical (unpaired) electrons. The summed E-state index contributed by atoms with van der Waals surface area (Å²) in [5.41, 5.74) is 0.579. The first kappa shape index (κ1) is 21.1. The fraction of sp³-hybridized carbons (Fsp3) is 0.556. The van der Waals surface area contributed by atoms with Crippen molar-refractivity contribution in [3.05, 3.63) is 17.7 Å². The molecule has 0 amide bonds. The Morgan fingerprint density at radius 1 is 1.17 bits per heavy atom. The van der Waals surface area contributed by atoms with Gasteiger partial charge in [0.1, 0.15) is 24.4 Å². The number of phenols is 1. The number of phenolic OH excluding ortho intramolecular Hbond substituents is 1. The average molecular weight is 414 g/mol. The molecule has 0 spiro atoms. The Bertz CT molecular complexity index is 779. The number of cyclic esters (lactones) is 1. The van der Waals surface area contributed by atoms with Gasteiger partial charge in [0.2, 0.25) is 12.0 Å². The van der Waals surface area contributed by atoms with E-state index in [4.69, 9.17) is 24.1 Å². The molecule has 11 heteroatoms. The number of carboxylic acid groups (broad SMARTS) is 1. The summed E-state index contributed by atoms with van der Waals surface area (Å²) in [5.74, 6) is -2.48. The fourth-order valence-corrected chi connectivity index (χ4v) is 3.26. The van der Waals surface area contributed by atoms with E-state index in [0.717, 1.165) is 0 Å². The zero-order valence-corrected chi connectivity index (χ0v) is 15.4. The summed E-state index contributed by atoms with van der Waals surface area (Å²) in [7, 11) is 1.31. The Balaban J connectivity index is 1.84. The molecule has 0 bridgehead atoms. The highest BCUT2D eigenvalue weighted by Crippen LogP contribution is 2.39. The number of carbonyl (C=O) groups is 2. The van der Waals surface area contributed by atoms with Crippen molar-refractivity contribution in [1.29, 1.82) is 0 Å². The van der Waals surface area contributed by atoms with E-state index in [2.05, 4.69) is 0 Å². The Morgan fingerprint density at radius 3 is 2.45 bits per heavy atom. The summed E-state index contributed by atoms with van der Waals surface area (Å²) in [6.07, 6.45) is -8.23. The van der Waals surface area contributed by atoms with E-state index < -0.39 is 42.4 Å². The van der Waals surface area contributed by atoms with Crippen LogP contribution in [0.4, 0.5) is 0 Å². The average Bonchev–Trinajstić information content (AvgIpc) is 3.08. The number of aromatic hydroxyl groups is 1. The minimum atomic E-state index is -1.87. The van der Waals surface area contributed by atoms with Gasteiger partial charge in [-0.1, -0.05) is 0 Å². The van der Waals surface area contributed by atoms with Gasteiger partial charge < -0.3 is 44.5 Å². The Hall–Kier alpha value is -2.60. The molecule has 11 nitrogen and oxygen atoms in total. The summed E-state index contributed by atoms with van der Waals surface area (Å²) in [6, 6.07) is 2.92. The maximum absolute atomic E-state index is 11.3. The van der Waals surface area contributed by atoms with Gasteiger partial charge in [0.05, 0.1) is 7.11 Å². The fourth-order valence-electron chi connectivity index (χ4n) is 3.26. The SMILES string of the molecule is COc1cc(CC2CCC(=O)O2)cc(O[C@H]2O[C@@H](C(=O)O)[C@H](O)[C@@H](O)[C@@H]2O)c1O. The molecule has 1 unspecified atom stereocenters.